The molecule has 3 heteroatoms. The van der Waals surface area contributed by atoms with E-state index >= 15 is 0 Å². The highest BCUT2D eigenvalue weighted by atomic mass is 16.7. The summed E-state index contributed by atoms with van der Waals surface area (Å²) in [5.74, 6) is 0.201. The topological polar surface area (TPSA) is 46.2 Å². The summed E-state index contributed by atoms with van der Waals surface area (Å²) in [6, 6.07) is 16.5. The van der Waals surface area contributed by atoms with Gasteiger partial charge in [-0.1, -0.05) is 48.5 Å². The van der Waals surface area contributed by atoms with E-state index < -0.39 is 6.16 Å². The number of rotatable bonds is 3. The summed E-state index contributed by atoms with van der Waals surface area (Å²) < 4.78 is 4.54. The van der Waals surface area contributed by atoms with E-state index in [4.69, 9.17) is 0 Å². The van der Waals surface area contributed by atoms with Crippen molar-refractivity contribution >= 4 is 6.16 Å². The molecule has 1 aliphatic carbocycles. The molecule has 0 saturated carbocycles. The van der Waals surface area contributed by atoms with Gasteiger partial charge in [-0.15, -0.1) is 0 Å². The van der Waals surface area contributed by atoms with Gasteiger partial charge in [0.15, 0.2) is 0 Å². The number of hydrogen-bond donors (Lipinski definition) is 0. The summed E-state index contributed by atoms with van der Waals surface area (Å²) in [6.45, 7) is 0.162. The van der Waals surface area contributed by atoms with Crippen LogP contribution in [-0.4, -0.2) is 12.8 Å². The molecule has 2 aromatic rings. The molecule has 0 amide bonds. The van der Waals surface area contributed by atoms with Crippen LogP contribution in [0.5, 0.6) is 0 Å². The Labute approximate surface area is 111 Å². The fourth-order valence-corrected chi connectivity index (χ4v) is 2.83. The molecule has 3 nitrogen and oxygen atoms in total. The van der Waals surface area contributed by atoms with Crippen LogP contribution in [0.2, 0.25) is 0 Å². The van der Waals surface area contributed by atoms with E-state index in [2.05, 4.69) is 29.0 Å². The first-order valence-corrected chi connectivity index (χ1v) is 6.29. The molecule has 1 radical (unpaired) electrons. The average molecular weight is 253 g/mol. The van der Waals surface area contributed by atoms with Gasteiger partial charge in [-0.2, -0.15) is 9.90 Å². The number of fused-ring (bicyclic) bond motifs is 3. The Kier molecular flexibility index (Phi) is 2.95. The lowest BCUT2D eigenvalue weighted by Crippen LogP contribution is -2.05. The van der Waals surface area contributed by atoms with E-state index in [0.717, 1.165) is 0 Å². The third-order valence-electron chi connectivity index (χ3n) is 3.59. The zero-order chi connectivity index (χ0) is 13.2. The first kappa shape index (κ1) is 11.8. The quantitative estimate of drug-likeness (QED) is 0.782. The van der Waals surface area contributed by atoms with Gasteiger partial charge in [0.1, 0.15) is 0 Å². The lowest BCUT2D eigenvalue weighted by molar-refractivity contribution is 0.0662. The number of carbonyl (C=O) groups excluding carboxylic acids is 1. The zero-order valence-corrected chi connectivity index (χ0v) is 10.3. The van der Waals surface area contributed by atoms with Crippen LogP contribution in [0.15, 0.2) is 48.5 Å². The van der Waals surface area contributed by atoms with Gasteiger partial charge < -0.3 is 4.74 Å². The van der Waals surface area contributed by atoms with E-state index in [1.54, 1.807) is 0 Å². The van der Waals surface area contributed by atoms with Gasteiger partial charge in [0.25, 0.3) is 0 Å². The predicted octanol–water partition coefficient (Wildman–Crippen LogP) is 3.76. The second kappa shape index (κ2) is 4.76. The molecule has 95 valence electrons. The van der Waals surface area contributed by atoms with Crippen LogP contribution in [0.1, 0.15) is 23.5 Å². The van der Waals surface area contributed by atoms with Crippen molar-refractivity contribution in [2.75, 3.05) is 6.61 Å². The summed E-state index contributed by atoms with van der Waals surface area (Å²) in [5.41, 5.74) is 4.95. The minimum Gasteiger partial charge on any atom is -0.432 e. The number of benzene rings is 2. The molecule has 0 aromatic heterocycles. The lowest BCUT2D eigenvalue weighted by Gasteiger charge is -2.12. The van der Waals surface area contributed by atoms with Crippen molar-refractivity contribution in [3.63, 3.8) is 0 Å². The second-order valence-corrected chi connectivity index (χ2v) is 4.61. The maximum absolute atomic E-state index is 10.3. The molecule has 0 aliphatic heterocycles. The van der Waals surface area contributed by atoms with Crippen molar-refractivity contribution in [1.29, 1.82) is 0 Å². The third-order valence-corrected chi connectivity index (χ3v) is 3.59. The van der Waals surface area contributed by atoms with Crippen LogP contribution in [0, 0.1) is 0 Å². The monoisotopic (exact) mass is 253 g/mol. The van der Waals surface area contributed by atoms with Crippen LogP contribution < -0.4 is 0 Å². The fourth-order valence-electron chi connectivity index (χ4n) is 2.83. The standard InChI is InChI=1S/C16H13O3/c17-16(18)19-10-9-15-13-7-3-1-5-11(13)12-6-2-4-8-14(12)15/h1-8,15H,9-10H2. The zero-order valence-electron chi connectivity index (χ0n) is 10.3. The Morgan fingerprint density at radius 1 is 0.947 bits per heavy atom. The van der Waals surface area contributed by atoms with Gasteiger partial charge in [-0.25, -0.2) is 0 Å². The summed E-state index contributed by atoms with van der Waals surface area (Å²) >= 11 is 0. The van der Waals surface area contributed by atoms with Crippen molar-refractivity contribution in [3.8, 4) is 11.1 Å². The maximum Gasteiger partial charge on any atom is 0.549 e. The minimum atomic E-state index is -1.46. The normalized spacial score (nSPS) is 12.8. The van der Waals surface area contributed by atoms with Crippen LogP contribution in [-0.2, 0) is 9.84 Å². The maximum atomic E-state index is 10.3. The van der Waals surface area contributed by atoms with Crippen LogP contribution in [0.3, 0.4) is 0 Å². The highest BCUT2D eigenvalue weighted by Crippen LogP contribution is 2.45. The Bertz CT molecular complexity index is 573. The first-order valence-electron chi connectivity index (χ1n) is 6.29. The molecule has 0 spiro atoms. The average Bonchev–Trinajstić information content (AvgIpc) is 2.74. The molecule has 19 heavy (non-hydrogen) atoms. The second-order valence-electron chi connectivity index (χ2n) is 4.61. The van der Waals surface area contributed by atoms with E-state index in [9.17, 15) is 9.90 Å². The highest BCUT2D eigenvalue weighted by molar-refractivity contribution is 5.78. The fraction of sp³-hybridized carbons (Fsp3) is 0.188. The summed E-state index contributed by atoms with van der Waals surface area (Å²) in [5, 5.41) is 10.3. The largest absolute Gasteiger partial charge is 0.549 e. The predicted molar refractivity (Wildman–Crippen MR) is 70.4 cm³/mol. The molecule has 1 aliphatic rings. The van der Waals surface area contributed by atoms with Crippen LogP contribution >= 0.6 is 0 Å². The van der Waals surface area contributed by atoms with Gasteiger partial charge in [-0.3, -0.25) is 0 Å². The van der Waals surface area contributed by atoms with Crippen molar-refractivity contribution in [2.45, 2.75) is 12.3 Å². The Morgan fingerprint density at radius 2 is 1.47 bits per heavy atom. The van der Waals surface area contributed by atoms with Crippen molar-refractivity contribution in [3.05, 3.63) is 59.7 Å². The van der Waals surface area contributed by atoms with Gasteiger partial charge in [0.2, 0.25) is 0 Å². The summed E-state index contributed by atoms with van der Waals surface area (Å²) in [4.78, 5) is 10.3. The van der Waals surface area contributed by atoms with Crippen molar-refractivity contribution in [1.82, 2.24) is 0 Å². The molecule has 0 fully saturated rings. The molecule has 0 saturated heterocycles. The molecule has 0 N–H and O–H groups in total. The van der Waals surface area contributed by atoms with Gasteiger partial charge in [0.05, 0.1) is 6.61 Å². The van der Waals surface area contributed by atoms with Crippen molar-refractivity contribution in [2.24, 2.45) is 0 Å². The van der Waals surface area contributed by atoms with E-state index in [0.29, 0.717) is 6.42 Å². The SMILES string of the molecule is [O]C(=O)OCCC1c2ccccc2-c2ccccc21. The third kappa shape index (κ3) is 2.08. The van der Waals surface area contributed by atoms with E-state index in [-0.39, 0.29) is 12.5 Å². The number of ether oxygens (including phenoxy) is 1. The van der Waals surface area contributed by atoms with Crippen LogP contribution in [0.25, 0.3) is 11.1 Å². The van der Waals surface area contributed by atoms with Gasteiger partial charge >= 0.3 is 6.16 Å². The van der Waals surface area contributed by atoms with Gasteiger partial charge in [0, 0.05) is 5.92 Å². The van der Waals surface area contributed by atoms with Crippen LogP contribution in [0.4, 0.5) is 4.79 Å². The molecule has 0 atom stereocenters. The molecule has 3 rings (SSSR count). The number of carbonyl (C=O) groups is 1. The van der Waals surface area contributed by atoms with E-state index in [1.165, 1.54) is 22.3 Å². The molecular weight excluding hydrogens is 240 g/mol. The molecular formula is C16H13O3. The molecule has 2 aromatic carbocycles. The number of hydrogen-bond acceptors (Lipinski definition) is 2. The minimum absolute atomic E-state index is 0.162. The Balaban J connectivity index is 1.93. The summed E-state index contributed by atoms with van der Waals surface area (Å²) in [6.07, 6.45) is -0.818. The van der Waals surface area contributed by atoms with Crippen molar-refractivity contribution < 1.29 is 14.6 Å². The van der Waals surface area contributed by atoms with Gasteiger partial charge in [-0.05, 0) is 28.7 Å². The molecule has 0 unspecified atom stereocenters. The molecule has 0 heterocycles. The smallest absolute Gasteiger partial charge is 0.432 e. The summed E-state index contributed by atoms with van der Waals surface area (Å²) in [7, 11) is 0. The molecule has 0 bridgehead atoms. The Hall–Kier alpha value is -2.29. The Morgan fingerprint density at radius 3 is 2.00 bits per heavy atom. The first-order chi connectivity index (χ1) is 9.27. The lowest BCUT2D eigenvalue weighted by atomic mass is 9.94. The highest BCUT2D eigenvalue weighted by Gasteiger charge is 2.27. The van der Waals surface area contributed by atoms with E-state index in [1.807, 2.05) is 24.3 Å².